The first-order valence-corrected chi connectivity index (χ1v) is 12.0. The molecule has 0 unspecified atom stereocenters. The molecule has 0 amide bonds. The van der Waals surface area contributed by atoms with E-state index in [-0.39, 0.29) is 26.0 Å². The summed E-state index contributed by atoms with van der Waals surface area (Å²) in [6.45, 7) is 11.5. The van der Waals surface area contributed by atoms with Crippen molar-refractivity contribution in [1.29, 1.82) is 0 Å². The van der Waals surface area contributed by atoms with Crippen LogP contribution in [-0.2, 0) is 6.42 Å². The van der Waals surface area contributed by atoms with Crippen LogP contribution in [0.3, 0.4) is 0 Å². The van der Waals surface area contributed by atoms with E-state index in [0.29, 0.717) is 0 Å². The molecular formula is C14H22OSiTe. The topological polar surface area (TPSA) is 9.23 Å². The quantitative estimate of drug-likeness (QED) is 0.734. The Labute approximate surface area is 116 Å². The average Bonchev–Trinajstić information content (AvgIpc) is 2.62. The zero-order valence-corrected chi connectivity index (χ0v) is 14.8. The van der Waals surface area contributed by atoms with E-state index in [9.17, 15) is 0 Å². The van der Waals surface area contributed by atoms with E-state index in [2.05, 4.69) is 52.1 Å². The minimum absolute atomic E-state index is 0.138. The summed E-state index contributed by atoms with van der Waals surface area (Å²) >= 11 is 0.138. The summed E-state index contributed by atoms with van der Waals surface area (Å²) < 4.78 is 9.43. The zero-order valence-electron chi connectivity index (χ0n) is 11.5. The zero-order chi connectivity index (χ0) is 12.7. The Balaban J connectivity index is 2.20. The van der Waals surface area contributed by atoms with Crippen LogP contribution in [0.15, 0.2) is 18.2 Å². The number of fused-ring (bicyclic) bond motifs is 1. The van der Waals surface area contributed by atoms with Crippen LogP contribution in [0, 0.1) is 0 Å². The fraction of sp³-hybridized carbons (Fsp3) is 0.571. The summed E-state index contributed by atoms with van der Waals surface area (Å²) in [6, 6.07) is 6.80. The van der Waals surface area contributed by atoms with Crippen LogP contribution in [-0.4, -0.2) is 29.2 Å². The number of hydrogen-bond acceptors (Lipinski definition) is 1. The number of hydrogen-bond donors (Lipinski definition) is 0. The molecule has 0 N–H and O–H groups in total. The van der Waals surface area contributed by atoms with Gasteiger partial charge < -0.3 is 0 Å². The molecule has 1 aliphatic heterocycles. The molecule has 0 aliphatic carbocycles. The molecule has 0 atom stereocenters. The van der Waals surface area contributed by atoms with E-state index in [1.807, 2.05) is 0 Å². The monoisotopic (exact) mass is 364 g/mol. The van der Waals surface area contributed by atoms with Crippen LogP contribution in [0.1, 0.15) is 26.3 Å². The molecule has 0 radical (unpaired) electrons. The Bertz CT molecular complexity index is 421. The van der Waals surface area contributed by atoms with Crippen LogP contribution in [0.2, 0.25) is 22.6 Å². The van der Waals surface area contributed by atoms with Crippen molar-refractivity contribution in [2.45, 2.75) is 49.8 Å². The van der Waals surface area contributed by atoms with E-state index in [1.165, 1.54) is 10.9 Å². The van der Waals surface area contributed by atoms with Crippen molar-refractivity contribution in [3.8, 4) is 5.75 Å². The maximum atomic E-state index is 6.34. The summed E-state index contributed by atoms with van der Waals surface area (Å²) in [5, 5.41) is 0.278. The predicted molar refractivity (Wildman–Crippen MR) is 78.2 cm³/mol. The van der Waals surface area contributed by atoms with Crippen molar-refractivity contribution in [3.63, 3.8) is 0 Å². The van der Waals surface area contributed by atoms with Gasteiger partial charge in [0.1, 0.15) is 0 Å². The van der Waals surface area contributed by atoms with Crippen LogP contribution in [0.5, 0.6) is 5.75 Å². The Morgan fingerprint density at radius 3 is 2.59 bits per heavy atom. The summed E-state index contributed by atoms with van der Waals surface area (Å²) in [7, 11) is -1.67. The van der Waals surface area contributed by atoms with Gasteiger partial charge in [0.15, 0.2) is 0 Å². The van der Waals surface area contributed by atoms with Gasteiger partial charge in [0.05, 0.1) is 0 Å². The molecule has 1 heterocycles. The Kier molecular flexibility index (Phi) is 3.65. The second-order valence-corrected chi connectivity index (χ2v) is 14.2. The van der Waals surface area contributed by atoms with E-state index >= 15 is 0 Å². The Morgan fingerprint density at radius 1 is 1.24 bits per heavy atom. The van der Waals surface area contributed by atoms with Gasteiger partial charge in [-0.15, -0.1) is 0 Å². The normalized spacial score (nSPS) is 15.8. The molecular weight excluding hydrogens is 340 g/mol. The van der Waals surface area contributed by atoms with E-state index in [1.54, 1.807) is 9.17 Å². The molecule has 1 nitrogen and oxygen atoms in total. The molecule has 0 spiro atoms. The van der Waals surface area contributed by atoms with E-state index in [4.69, 9.17) is 4.43 Å². The van der Waals surface area contributed by atoms with Gasteiger partial charge in [0.2, 0.25) is 0 Å². The van der Waals surface area contributed by atoms with Crippen molar-refractivity contribution in [2.75, 3.05) is 0 Å². The molecule has 17 heavy (non-hydrogen) atoms. The summed E-state index contributed by atoms with van der Waals surface area (Å²) in [5.41, 5.74) is 1.56. The SMILES string of the molecule is CC(C)(C)[Si](C)(C)Oc1ccc2c(c1)CC[Te]2. The molecule has 0 saturated carbocycles. The maximum absolute atomic E-state index is 6.34. The molecule has 2 rings (SSSR count). The second kappa shape index (κ2) is 4.61. The van der Waals surface area contributed by atoms with Gasteiger partial charge in [0, 0.05) is 0 Å². The molecule has 0 fully saturated rings. The van der Waals surface area contributed by atoms with Crippen LogP contribution in [0.4, 0.5) is 0 Å². The molecule has 0 aromatic heterocycles. The van der Waals surface area contributed by atoms with Gasteiger partial charge in [-0.1, -0.05) is 0 Å². The van der Waals surface area contributed by atoms with E-state index in [0.717, 1.165) is 5.75 Å². The fourth-order valence-electron chi connectivity index (χ4n) is 1.67. The number of rotatable bonds is 2. The minimum atomic E-state index is -1.67. The standard InChI is InChI=1S/C14H22OSiTe/c1-14(2,3)16(4,5)15-12-6-7-13-11(10-12)8-9-17-13/h6-7,10H,8-9H2,1-5H3. The van der Waals surface area contributed by atoms with Crippen molar-refractivity contribution < 1.29 is 4.43 Å². The van der Waals surface area contributed by atoms with Gasteiger partial charge in [-0.25, -0.2) is 0 Å². The van der Waals surface area contributed by atoms with Crippen molar-refractivity contribution in [1.82, 2.24) is 0 Å². The van der Waals surface area contributed by atoms with Gasteiger partial charge in [0.25, 0.3) is 0 Å². The van der Waals surface area contributed by atoms with Crippen LogP contribution >= 0.6 is 0 Å². The molecule has 1 aromatic carbocycles. The first kappa shape index (κ1) is 13.5. The van der Waals surface area contributed by atoms with Gasteiger partial charge in [-0.05, 0) is 0 Å². The number of aryl methyl sites for hydroxylation is 1. The summed E-state index contributed by atoms with van der Waals surface area (Å²) in [4.78, 5) is 0. The average molecular weight is 362 g/mol. The van der Waals surface area contributed by atoms with Crippen LogP contribution in [0.25, 0.3) is 0 Å². The Morgan fingerprint density at radius 2 is 1.94 bits per heavy atom. The third-order valence-electron chi connectivity index (χ3n) is 3.84. The molecule has 0 bridgehead atoms. The van der Waals surface area contributed by atoms with Crippen molar-refractivity contribution >= 4 is 32.9 Å². The van der Waals surface area contributed by atoms with E-state index < -0.39 is 8.32 Å². The molecule has 3 heteroatoms. The van der Waals surface area contributed by atoms with Gasteiger partial charge in [-0.3, -0.25) is 0 Å². The Hall–Kier alpha value is 0.0265. The molecule has 0 saturated heterocycles. The first-order valence-electron chi connectivity index (χ1n) is 6.24. The van der Waals surface area contributed by atoms with Gasteiger partial charge >= 0.3 is 117 Å². The molecule has 1 aliphatic rings. The van der Waals surface area contributed by atoms with Gasteiger partial charge in [-0.2, -0.15) is 0 Å². The predicted octanol–water partition coefficient (Wildman–Crippen LogP) is 3.37. The first-order chi connectivity index (χ1) is 7.79. The fourth-order valence-corrected chi connectivity index (χ4v) is 5.70. The molecule has 94 valence electrons. The number of benzene rings is 1. The molecule has 1 aromatic rings. The van der Waals surface area contributed by atoms with Crippen molar-refractivity contribution in [3.05, 3.63) is 23.8 Å². The van der Waals surface area contributed by atoms with Crippen molar-refractivity contribution in [2.24, 2.45) is 0 Å². The van der Waals surface area contributed by atoms with Crippen LogP contribution < -0.4 is 8.04 Å². The summed E-state index contributed by atoms with van der Waals surface area (Å²) in [5.74, 6) is 1.10. The second-order valence-electron chi connectivity index (χ2n) is 6.23. The third-order valence-corrected chi connectivity index (χ3v) is 11.4. The summed E-state index contributed by atoms with van der Waals surface area (Å²) in [6.07, 6.45) is 1.28. The third kappa shape index (κ3) is 2.89.